The minimum atomic E-state index is -0.270. The molecule has 2 aromatic rings. The van der Waals surface area contributed by atoms with Gasteiger partial charge in [-0.05, 0) is 47.7 Å². The summed E-state index contributed by atoms with van der Waals surface area (Å²) in [6.07, 6.45) is 5.10. The highest BCUT2D eigenvalue weighted by Gasteiger charge is 2.29. The standard InChI is InChI=1S/C24H27BrO6/c1-27-20-10-8-16-17(14-18(20)26)19(31-12-6-5-11-25)9-7-15-13-21(28-2)23(29-3)24(30-4)22(15)16/h5-6,8,10,13-14,19H,7,9,11-12H2,1-4H3/b6-5+/t19-/m0/s1. The molecule has 0 saturated carbocycles. The number of alkyl halides is 1. The third-order valence-electron chi connectivity index (χ3n) is 5.31. The van der Waals surface area contributed by atoms with Gasteiger partial charge in [-0.2, -0.15) is 0 Å². The van der Waals surface area contributed by atoms with E-state index in [2.05, 4.69) is 15.9 Å². The number of benzene rings is 1. The van der Waals surface area contributed by atoms with Crippen LogP contribution in [0.1, 0.15) is 23.7 Å². The Morgan fingerprint density at radius 3 is 2.35 bits per heavy atom. The van der Waals surface area contributed by atoms with E-state index >= 15 is 0 Å². The Balaban J connectivity index is 2.28. The van der Waals surface area contributed by atoms with E-state index in [9.17, 15) is 4.79 Å². The Labute approximate surface area is 190 Å². The summed E-state index contributed by atoms with van der Waals surface area (Å²) in [7, 11) is 6.27. The molecule has 1 atom stereocenters. The highest BCUT2D eigenvalue weighted by atomic mass is 79.9. The third kappa shape index (κ3) is 4.72. The SMILES string of the molecule is COc1cc2c(c(OC)c1OC)-c1ccc(OC)c(=O)cc1[C@@H](OC/C=C/CBr)CC2. The molecule has 166 valence electrons. The molecule has 0 N–H and O–H groups in total. The lowest BCUT2D eigenvalue weighted by atomic mass is 9.96. The number of hydrogen-bond acceptors (Lipinski definition) is 6. The highest BCUT2D eigenvalue weighted by molar-refractivity contribution is 9.09. The summed E-state index contributed by atoms with van der Waals surface area (Å²) in [5, 5.41) is 0.761. The van der Waals surface area contributed by atoms with Crippen LogP contribution in [-0.2, 0) is 11.2 Å². The molecule has 0 saturated heterocycles. The molecular weight excluding hydrogens is 464 g/mol. The number of fused-ring (bicyclic) bond motifs is 3. The Hall–Kier alpha value is -2.51. The molecule has 0 heterocycles. The van der Waals surface area contributed by atoms with Crippen LogP contribution in [0.4, 0.5) is 0 Å². The van der Waals surface area contributed by atoms with Gasteiger partial charge >= 0.3 is 0 Å². The molecular formula is C24H27BrO6. The van der Waals surface area contributed by atoms with Gasteiger partial charge in [0.25, 0.3) is 0 Å². The van der Waals surface area contributed by atoms with Crippen LogP contribution in [0.5, 0.6) is 23.0 Å². The van der Waals surface area contributed by atoms with Crippen molar-refractivity contribution in [3.05, 3.63) is 57.8 Å². The van der Waals surface area contributed by atoms with Crippen molar-refractivity contribution in [3.63, 3.8) is 0 Å². The van der Waals surface area contributed by atoms with E-state index in [1.807, 2.05) is 24.3 Å². The lowest BCUT2D eigenvalue weighted by Crippen LogP contribution is -2.08. The van der Waals surface area contributed by atoms with Gasteiger partial charge in [-0.1, -0.05) is 34.1 Å². The summed E-state index contributed by atoms with van der Waals surface area (Å²) in [6, 6.07) is 7.15. The first-order valence-electron chi connectivity index (χ1n) is 9.96. The number of halogens is 1. The molecule has 0 unspecified atom stereocenters. The molecule has 1 aliphatic carbocycles. The summed E-state index contributed by atoms with van der Waals surface area (Å²) in [4.78, 5) is 12.8. The number of allylic oxidation sites excluding steroid dienone is 1. The molecule has 0 amide bonds. The summed E-state index contributed by atoms with van der Waals surface area (Å²) >= 11 is 3.37. The molecule has 6 nitrogen and oxygen atoms in total. The van der Waals surface area contributed by atoms with Crippen molar-refractivity contribution in [2.75, 3.05) is 40.4 Å². The third-order valence-corrected chi connectivity index (χ3v) is 5.69. The molecule has 7 heteroatoms. The van der Waals surface area contributed by atoms with Crippen molar-refractivity contribution in [2.45, 2.75) is 18.9 Å². The Morgan fingerprint density at radius 2 is 1.71 bits per heavy atom. The predicted octanol–water partition coefficient (Wildman–Crippen LogP) is 4.70. The largest absolute Gasteiger partial charge is 0.493 e. The molecule has 31 heavy (non-hydrogen) atoms. The van der Waals surface area contributed by atoms with Gasteiger partial charge in [0, 0.05) is 10.9 Å². The second-order valence-corrected chi connectivity index (χ2v) is 7.59. The summed E-state index contributed by atoms with van der Waals surface area (Å²) in [5.41, 5.74) is 3.35. The first kappa shape index (κ1) is 23.2. The van der Waals surface area contributed by atoms with E-state index in [1.165, 1.54) is 7.11 Å². The molecule has 0 spiro atoms. The quantitative estimate of drug-likeness (QED) is 0.394. The zero-order valence-corrected chi connectivity index (χ0v) is 19.8. The van der Waals surface area contributed by atoms with Gasteiger partial charge in [0.05, 0.1) is 41.2 Å². The van der Waals surface area contributed by atoms with E-state index in [0.717, 1.165) is 34.0 Å². The highest BCUT2D eigenvalue weighted by Crippen LogP contribution is 2.50. The van der Waals surface area contributed by atoms with Gasteiger partial charge in [-0.25, -0.2) is 0 Å². The summed E-state index contributed by atoms with van der Waals surface area (Å²) < 4.78 is 28.4. The van der Waals surface area contributed by atoms with Gasteiger partial charge < -0.3 is 23.7 Å². The van der Waals surface area contributed by atoms with Gasteiger partial charge in [0.1, 0.15) is 0 Å². The fourth-order valence-electron chi connectivity index (χ4n) is 3.91. The van der Waals surface area contributed by atoms with E-state index in [-0.39, 0.29) is 17.3 Å². The first-order chi connectivity index (χ1) is 15.1. The number of aryl methyl sites for hydroxylation is 1. The van der Waals surface area contributed by atoms with Gasteiger partial charge in [-0.15, -0.1) is 0 Å². The van der Waals surface area contributed by atoms with E-state index in [0.29, 0.717) is 30.3 Å². The maximum Gasteiger partial charge on any atom is 0.220 e. The minimum absolute atomic E-state index is 0.198. The number of methoxy groups -OCH3 is 4. The van der Waals surface area contributed by atoms with Crippen LogP contribution in [0.25, 0.3) is 11.1 Å². The maximum absolute atomic E-state index is 12.8. The second kappa shape index (κ2) is 10.7. The molecule has 1 aliphatic rings. The first-order valence-corrected chi connectivity index (χ1v) is 11.1. The second-order valence-electron chi connectivity index (χ2n) is 6.95. The Kier molecular flexibility index (Phi) is 7.98. The maximum atomic E-state index is 12.8. The van der Waals surface area contributed by atoms with Gasteiger partial charge in [-0.3, -0.25) is 4.79 Å². The van der Waals surface area contributed by atoms with Crippen LogP contribution in [-0.4, -0.2) is 40.4 Å². The average Bonchev–Trinajstić information content (AvgIpc) is 3.03. The van der Waals surface area contributed by atoms with Crippen molar-refractivity contribution in [2.24, 2.45) is 0 Å². The minimum Gasteiger partial charge on any atom is -0.493 e. The van der Waals surface area contributed by atoms with Crippen molar-refractivity contribution < 1.29 is 23.7 Å². The summed E-state index contributed by atoms with van der Waals surface area (Å²) in [6.45, 7) is 0.444. The zero-order chi connectivity index (χ0) is 22.4. The van der Waals surface area contributed by atoms with E-state index in [1.54, 1.807) is 33.5 Å². The zero-order valence-electron chi connectivity index (χ0n) is 18.2. The average molecular weight is 491 g/mol. The van der Waals surface area contributed by atoms with Crippen LogP contribution >= 0.6 is 15.9 Å². The van der Waals surface area contributed by atoms with E-state index < -0.39 is 0 Å². The normalized spacial score (nSPS) is 15.1. The fourth-order valence-corrected chi connectivity index (χ4v) is 4.17. The fraction of sp³-hybridized carbons (Fsp3) is 0.375. The Morgan fingerprint density at radius 1 is 0.968 bits per heavy atom. The molecule has 2 aromatic carbocycles. The lowest BCUT2D eigenvalue weighted by molar-refractivity contribution is 0.0686. The van der Waals surface area contributed by atoms with Gasteiger partial charge in [0.2, 0.25) is 11.2 Å². The van der Waals surface area contributed by atoms with E-state index in [4.69, 9.17) is 23.7 Å². The molecule has 0 aliphatic heterocycles. The van der Waals surface area contributed by atoms with Crippen molar-refractivity contribution in [3.8, 4) is 34.1 Å². The molecule has 0 radical (unpaired) electrons. The van der Waals surface area contributed by atoms with Crippen LogP contribution in [0.3, 0.4) is 0 Å². The van der Waals surface area contributed by atoms with Crippen LogP contribution in [0.15, 0.2) is 41.2 Å². The molecule has 0 bridgehead atoms. The Bertz CT molecular complexity index is 1020. The van der Waals surface area contributed by atoms with Crippen LogP contribution in [0.2, 0.25) is 0 Å². The van der Waals surface area contributed by atoms with Crippen LogP contribution in [0, 0.1) is 0 Å². The smallest absolute Gasteiger partial charge is 0.220 e. The number of rotatable bonds is 8. The molecule has 0 aromatic heterocycles. The molecule has 3 rings (SSSR count). The molecule has 0 fully saturated rings. The van der Waals surface area contributed by atoms with Crippen molar-refractivity contribution in [1.29, 1.82) is 0 Å². The number of ether oxygens (including phenoxy) is 5. The van der Waals surface area contributed by atoms with Crippen molar-refractivity contribution >= 4 is 15.9 Å². The van der Waals surface area contributed by atoms with Crippen molar-refractivity contribution in [1.82, 2.24) is 0 Å². The van der Waals surface area contributed by atoms with Gasteiger partial charge in [0.15, 0.2) is 17.2 Å². The predicted molar refractivity (Wildman–Crippen MR) is 124 cm³/mol. The topological polar surface area (TPSA) is 63.2 Å². The van der Waals surface area contributed by atoms with Crippen LogP contribution < -0.4 is 24.4 Å². The lowest BCUT2D eigenvalue weighted by Gasteiger charge is -2.19. The number of hydrogen-bond donors (Lipinski definition) is 0. The summed E-state index contributed by atoms with van der Waals surface area (Å²) in [5.74, 6) is 1.94. The monoisotopic (exact) mass is 490 g/mol.